The smallest absolute Gasteiger partial charge is 0.273 e. The van der Waals surface area contributed by atoms with E-state index in [2.05, 4.69) is 39.4 Å². The fraction of sp³-hybridized carbons (Fsp3) is 0.290. The Balaban J connectivity index is 1.10. The Labute approximate surface area is 232 Å². The molecule has 0 radical (unpaired) electrons. The highest BCUT2D eigenvalue weighted by molar-refractivity contribution is 6.30. The van der Waals surface area contributed by atoms with Gasteiger partial charge in [-0.15, -0.1) is 10.2 Å². The highest BCUT2D eigenvalue weighted by atomic mass is 35.5. The van der Waals surface area contributed by atoms with Gasteiger partial charge in [-0.25, -0.2) is 0 Å². The Hall–Kier alpha value is -3.97. The summed E-state index contributed by atoms with van der Waals surface area (Å²) in [5.74, 6) is 1.72. The number of rotatable bonds is 9. The second kappa shape index (κ2) is 12.7. The Morgan fingerprint density at radius 1 is 0.949 bits per heavy atom. The maximum absolute atomic E-state index is 12.8. The number of aryl methyl sites for hydroxylation is 1. The van der Waals surface area contributed by atoms with Crippen molar-refractivity contribution in [3.63, 3.8) is 0 Å². The predicted octanol–water partition coefficient (Wildman–Crippen LogP) is 5.48. The molecule has 200 valence electrons. The average molecular weight is 543 g/mol. The van der Waals surface area contributed by atoms with Crippen molar-refractivity contribution in [1.29, 1.82) is 0 Å². The summed E-state index contributed by atoms with van der Waals surface area (Å²) >= 11 is 6.02. The maximum atomic E-state index is 12.8. The van der Waals surface area contributed by atoms with E-state index < -0.39 is 0 Å². The molecule has 0 aliphatic carbocycles. The zero-order valence-electron chi connectivity index (χ0n) is 21.7. The van der Waals surface area contributed by atoms with Crippen LogP contribution >= 0.6 is 11.6 Å². The molecule has 1 aliphatic heterocycles. The first kappa shape index (κ1) is 26.6. The molecule has 39 heavy (non-hydrogen) atoms. The second-order valence-electron chi connectivity index (χ2n) is 9.91. The van der Waals surface area contributed by atoms with Gasteiger partial charge in [-0.3, -0.25) is 9.59 Å². The third-order valence-electron chi connectivity index (χ3n) is 7.10. The molecule has 0 atom stereocenters. The van der Waals surface area contributed by atoms with Crippen molar-refractivity contribution in [3.05, 3.63) is 111 Å². The lowest BCUT2D eigenvalue weighted by Gasteiger charge is -2.32. The first-order chi connectivity index (χ1) is 19.0. The van der Waals surface area contributed by atoms with Gasteiger partial charge in [0, 0.05) is 36.5 Å². The molecule has 7 nitrogen and oxygen atoms in total. The largest absolute Gasteiger partial charge is 0.489 e. The van der Waals surface area contributed by atoms with Crippen LogP contribution in [-0.2, 0) is 24.2 Å². The molecular formula is C31H31ClN4O3. The summed E-state index contributed by atoms with van der Waals surface area (Å²) in [6.45, 7) is 1.92. The fourth-order valence-electron chi connectivity index (χ4n) is 4.87. The number of hydrogen-bond donors (Lipinski definition) is 1. The highest BCUT2D eigenvalue weighted by Gasteiger charge is 2.23. The molecule has 0 spiro atoms. The molecule has 8 heteroatoms. The van der Waals surface area contributed by atoms with Crippen LogP contribution in [0.5, 0.6) is 5.75 Å². The van der Waals surface area contributed by atoms with Gasteiger partial charge >= 0.3 is 0 Å². The monoisotopic (exact) mass is 542 g/mol. The number of carbonyl (C=O) groups is 1. The number of aromatic nitrogens is 3. The number of likely N-dealkylation sites (tertiary alicyclic amines) is 1. The van der Waals surface area contributed by atoms with Crippen molar-refractivity contribution in [2.45, 2.75) is 38.7 Å². The zero-order chi connectivity index (χ0) is 27.0. The number of piperidine rings is 1. The van der Waals surface area contributed by atoms with E-state index in [9.17, 15) is 9.59 Å². The minimum absolute atomic E-state index is 0.0619. The maximum Gasteiger partial charge on any atom is 0.273 e. The van der Waals surface area contributed by atoms with Crippen LogP contribution in [0.4, 0.5) is 0 Å². The van der Waals surface area contributed by atoms with Gasteiger partial charge in [0.2, 0.25) is 5.91 Å². The molecule has 1 N–H and O–H groups in total. The Bertz CT molecular complexity index is 1450. The van der Waals surface area contributed by atoms with E-state index in [1.807, 2.05) is 59.5 Å². The quantitative estimate of drug-likeness (QED) is 0.302. The van der Waals surface area contributed by atoms with Crippen LogP contribution in [0.1, 0.15) is 36.1 Å². The summed E-state index contributed by atoms with van der Waals surface area (Å²) in [6.07, 6.45) is 3.57. The van der Waals surface area contributed by atoms with Crippen molar-refractivity contribution in [3.8, 4) is 17.1 Å². The second-order valence-corrected chi connectivity index (χ2v) is 10.3. The van der Waals surface area contributed by atoms with Gasteiger partial charge in [0.05, 0.1) is 0 Å². The van der Waals surface area contributed by atoms with Gasteiger partial charge in [0.25, 0.3) is 5.56 Å². The predicted molar refractivity (Wildman–Crippen MR) is 152 cm³/mol. The van der Waals surface area contributed by atoms with Gasteiger partial charge in [0.15, 0.2) is 5.82 Å². The molecule has 1 aliphatic rings. The number of ether oxygens (including phenoxy) is 1. The zero-order valence-corrected chi connectivity index (χ0v) is 22.4. The summed E-state index contributed by atoms with van der Waals surface area (Å²) < 4.78 is 5.82. The molecule has 1 saturated heterocycles. The van der Waals surface area contributed by atoms with Crippen molar-refractivity contribution < 1.29 is 9.53 Å². The first-order valence-corrected chi connectivity index (χ1v) is 13.7. The molecule has 0 bridgehead atoms. The van der Waals surface area contributed by atoms with Crippen LogP contribution in [0.2, 0.25) is 5.02 Å². The van der Waals surface area contributed by atoms with Crippen LogP contribution in [0.25, 0.3) is 11.4 Å². The minimum atomic E-state index is -0.323. The molecule has 1 amide bonds. The lowest BCUT2D eigenvalue weighted by atomic mass is 9.90. The van der Waals surface area contributed by atoms with E-state index in [0.29, 0.717) is 29.1 Å². The Kier molecular flexibility index (Phi) is 8.68. The van der Waals surface area contributed by atoms with Gasteiger partial charge in [-0.1, -0.05) is 54.1 Å². The van der Waals surface area contributed by atoms with E-state index in [1.54, 1.807) is 0 Å². The number of amides is 1. The Morgan fingerprint density at radius 3 is 2.41 bits per heavy atom. The van der Waals surface area contributed by atoms with Gasteiger partial charge in [-0.05, 0) is 72.7 Å². The van der Waals surface area contributed by atoms with Crippen LogP contribution < -0.4 is 10.3 Å². The molecule has 2 heterocycles. The van der Waals surface area contributed by atoms with E-state index >= 15 is 0 Å². The number of carbonyl (C=O) groups excluding carboxylic acids is 1. The average Bonchev–Trinajstić information content (AvgIpc) is 2.96. The normalized spacial score (nSPS) is 13.8. The van der Waals surface area contributed by atoms with Crippen LogP contribution in [0, 0.1) is 5.92 Å². The van der Waals surface area contributed by atoms with Crippen molar-refractivity contribution in [1.82, 2.24) is 20.1 Å². The van der Waals surface area contributed by atoms with Gasteiger partial charge in [-0.2, -0.15) is 0 Å². The SMILES string of the molecule is O=C(CCc1nnc(-c2ccc(OCc3cccc(Cl)c3)cc2)[nH]c1=O)N1CCC(Cc2ccccc2)CC1. The number of H-pyrrole nitrogens is 1. The van der Waals surface area contributed by atoms with Crippen molar-refractivity contribution >= 4 is 17.5 Å². The van der Waals surface area contributed by atoms with E-state index in [-0.39, 0.29) is 30.0 Å². The molecule has 5 rings (SSSR count). The molecule has 3 aromatic carbocycles. The topological polar surface area (TPSA) is 88.2 Å². The number of hydrogen-bond acceptors (Lipinski definition) is 5. The van der Waals surface area contributed by atoms with Crippen LogP contribution in [0.3, 0.4) is 0 Å². The van der Waals surface area contributed by atoms with Crippen molar-refractivity contribution in [2.24, 2.45) is 5.92 Å². The van der Waals surface area contributed by atoms with E-state index in [1.165, 1.54) is 5.56 Å². The Morgan fingerprint density at radius 2 is 1.69 bits per heavy atom. The van der Waals surface area contributed by atoms with Gasteiger partial charge < -0.3 is 14.6 Å². The molecule has 1 aromatic heterocycles. The summed E-state index contributed by atoms with van der Waals surface area (Å²) in [5, 5.41) is 8.99. The number of nitrogens with one attached hydrogen (secondary N) is 1. The summed E-state index contributed by atoms with van der Waals surface area (Å²) in [6, 6.07) is 25.3. The minimum Gasteiger partial charge on any atom is -0.489 e. The van der Waals surface area contributed by atoms with E-state index in [0.717, 1.165) is 43.5 Å². The van der Waals surface area contributed by atoms with Crippen LogP contribution in [-0.4, -0.2) is 39.1 Å². The summed E-state index contributed by atoms with van der Waals surface area (Å²) in [5.41, 5.74) is 2.99. The number of aromatic amines is 1. The highest BCUT2D eigenvalue weighted by Crippen LogP contribution is 2.23. The van der Waals surface area contributed by atoms with Crippen LogP contribution in [0.15, 0.2) is 83.7 Å². The molecule has 4 aromatic rings. The first-order valence-electron chi connectivity index (χ1n) is 13.3. The molecular weight excluding hydrogens is 512 g/mol. The summed E-state index contributed by atoms with van der Waals surface area (Å²) in [7, 11) is 0. The fourth-order valence-corrected chi connectivity index (χ4v) is 5.09. The molecule has 1 fully saturated rings. The number of nitrogens with zero attached hydrogens (tertiary/aromatic N) is 3. The summed E-state index contributed by atoms with van der Waals surface area (Å²) in [4.78, 5) is 30.1. The van der Waals surface area contributed by atoms with Gasteiger partial charge in [0.1, 0.15) is 18.1 Å². The third kappa shape index (κ3) is 7.33. The number of benzene rings is 3. The lowest BCUT2D eigenvalue weighted by Crippen LogP contribution is -2.39. The lowest BCUT2D eigenvalue weighted by molar-refractivity contribution is -0.132. The van der Waals surface area contributed by atoms with Crippen molar-refractivity contribution in [2.75, 3.05) is 13.1 Å². The number of halogens is 1. The molecule has 0 saturated carbocycles. The third-order valence-corrected chi connectivity index (χ3v) is 7.33. The van der Waals surface area contributed by atoms with E-state index in [4.69, 9.17) is 16.3 Å². The standard InChI is InChI=1S/C31H31ClN4O3/c32-26-8-4-7-24(20-26)21-39-27-11-9-25(10-12-27)30-33-31(38)28(34-35-30)13-14-29(37)36-17-15-23(16-18-36)19-22-5-2-1-3-6-22/h1-12,20,23H,13-19,21H2,(H,33,35,38). The molecule has 0 unspecified atom stereocenters.